The molecular weight excluding hydrogens is 372 g/mol. The van der Waals surface area contributed by atoms with Crippen molar-refractivity contribution in [2.24, 2.45) is 0 Å². The number of methoxy groups -OCH3 is 1. The second kappa shape index (κ2) is 9.43. The second-order valence-corrected chi connectivity index (χ2v) is 6.98. The first-order chi connectivity index (χ1) is 13.6. The maximum Gasteiger partial charge on any atom is 0.243 e. The number of carbonyl (C=O) groups is 1. The van der Waals surface area contributed by atoms with E-state index in [1.165, 1.54) is 0 Å². The number of aryl methyl sites for hydroxylation is 1. The van der Waals surface area contributed by atoms with Crippen molar-refractivity contribution in [3.8, 4) is 11.4 Å². The lowest BCUT2D eigenvalue weighted by Gasteiger charge is -2.23. The Balaban J connectivity index is 1.82. The first-order valence-electron chi connectivity index (χ1n) is 9.11. The zero-order valence-corrected chi connectivity index (χ0v) is 16.9. The smallest absolute Gasteiger partial charge is 0.243 e. The third-order valence-corrected chi connectivity index (χ3v) is 4.81. The van der Waals surface area contributed by atoms with E-state index in [1.54, 1.807) is 16.6 Å². The SMILES string of the molecule is COCCN(Cc1ccccc1)C(=O)Cn1c(-c2ccc(C)cc2)n[nH]c1=S. The van der Waals surface area contributed by atoms with Crippen LogP contribution in [0.25, 0.3) is 11.4 Å². The van der Waals surface area contributed by atoms with Crippen molar-refractivity contribution < 1.29 is 9.53 Å². The first-order valence-corrected chi connectivity index (χ1v) is 9.52. The highest BCUT2D eigenvalue weighted by Crippen LogP contribution is 2.18. The molecule has 3 aromatic rings. The number of benzene rings is 2. The van der Waals surface area contributed by atoms with Crippen LogP contribution < -0.4 is 0 Å². The average molecular weight is 397 g/mol. The number of nitrogens with one attached hydrogen (secondary N) is 1. The molecular formula is C21H24N4O2S. The minimum Gasteiger partial charge on any atom is -0.383 e. The highest BCUT2D eigenvalue weighted by molar-refractivity contribution is 7.71. The normalized spacial score (nSPS) is 10.8. The molecule has 7 heteroatoms. The lowest BCUT2D eigenvalue weighted by atomic mass is 10.1. The largest absolute Gasteiger partial charge is 0.383 e. The number of H-pyrrole nitrogens is 1. The molecule has 1 amide bonds. The van der Waals surface area contributed by atoms with E-state index < -0.39 is 0 Å². The van der Waals surface area contributed by atoms with Gasteiger partial charge in [-0.3, -0.25) is 14.5 Å². The highest BCUT2D eigenvalue weighted by atomic mass is 32.1. The number of ether oxygens (including phenoxy) is 1. The van der Waals surface area contributed by atoms with Crippen LogP contribution in [0.2, 0.25) is 0 Å². The molecule has 0 radical (unpaired) electrons. The van der Waals surface area contributed by atoms with Gasteiger partial charge in [-0.25, -0.2) is 0 Å². The molecule has 2 aromatic carbocycles. The van der Waals surface area contributed by atoms with Crippen LogP contribution in [0.1, 0.15) is 11.1 Å². The molecule has 0 aliphatic carbocycles. The van der Waals surface area contributed by atoms with Crippen molar-refractivity contribution in [3.63, 3.8) is 0 Å². The molecule has 28 heavy (non-hydrogen) atoms. The van der Waals surface area contributed by atoms with E-state index in [4.69, 9.17) is 17.0 Å². The van der Waals surface area contributed by atoms with Crippen molar-refractivity contribution in [2.75, 3.05) is 20.3 Å². The Morgan fingerprint density at radius 2 is 1.89 bits per heavy atom. The highest BCUT2D eigenvalue weighted by Gasteiger charge is 2.18. The lowest BCUT2D eigenvalue weighted by molar-refractivity contribution is -0.133. The quantitative estimate of drug-likeness (QED) is 0.591. The minimum atomic E-state index is -0.0354. The standard InChI is InChI=1S/C21H24N4O2S/c1-16-8-10-18(11-9-16)20-22-23-21(28)25(20)15-19(26)24(12-13-27-2)14-17-6-4-3-5-7-17/h3-11H,12-15H2,1-2H3,(H,23,28). The molecule has 1 N–H and O–H groups in total. The summed E-state index contributed by atoms with van der Waals surface area (Å²) in [4.78, 5) is 14.9. The van der Waals surface area contributed by atoms with E-state index >= 15 is 0 Å². The van der Waals surface area contributed by atoms with E-state index in [1.807, 2.05) is 61.5 Å². The predicted molar refractivity (Wildman–Crippen MR) is 111 cm³/mol. The molecule has 0 saturated heterocycles. The molecule has 0 bridgehead atoms. The van der Waals surface area contributed by atoms with E-state index in [0.717, 1.165) is 16.7 Å². The van der Waals surface area contributed by atoms with Crippen molar-refractivity contribution in [3.05, 3.63) is 70.5 Å². The van der Waals surface area contributed by atoms with Gasteiger partial charge in [0, 0.05) is 25.8 Å². The average Bonchev–Trinajstić information content (AvgIpc) is 3.07. The van der Waals surface area contributed by atoms with Gasteiger partial charge in [-0.2, -0.15) is 5.10 Å². The molecule has 0 spiro atoms. The predicted octanol–water partition coefficient (Wildman–Crippen LogP) is 3.59. The Morgan fingerprint density at radius 1 is 1.18 bits per heavy atom. The van der Waals surface area contributed by atoms with Gasteiger partial charge in [0.2, 0.25) is 5.91 Å². The topological polar surface area (TPSA) is 63.1 Å². The number of aromatic nitrogens is 3. The van der Waals surface area contributed by atoms with Gasteiger partial charge in [0.15, 0.2) is 10.6 Å². The van der Waals surface area contributed by atoms with Crippen LogP contribution in [-0.2, 0) is 22.6 Å². The summed E-state index contributed by atoms with van der Waals surface area (Å²) in [6, 6.07) is 17.9. The van der Waals surface area contributed by atoms with E-state index in [2.05, 4.69) is 10.2 Å². The molecule has 0 atom stereocenters. The van der Waals surface area contributed by atoms with Gasteiger partial charge in [0.1, 0.15) is 6.54 Å². The van der Waals surface area contributed by atoms with E-state index in [-0.39, 0.29) is 12.5 Å². The van der Waals surface area contributed by atoms with Gasteiger partial charge in [0.05, 0.1) is 6.61 Å². The van der Waals surface area contributed by atoms with Crippen molar-refractivity contribution in [1.29, 1.82) is 0 Å². The summed E-state index contributed by atoms with van der Waals surface area (Å²) < 4.78 is 7.35. The number of hydrogen-bond acceptors (Lipinski definition) is 4. The number of hydrogen-bond donors (Lipinski definition) is 1. The molecule has 6 nitrogen and oxygen atoms in total. The fourth-order valence-corrected chi connectivity index (χ4v) is 3.12. The van der Waals surface area contributed by atoms with Crippen LogP contribution in [0.15, 0.2) is 54.6 Å². The van der Waals surface area contributed by atoms with Crippen LogP contribution in [-0.4, -0.2) is 45.8 Å². The maximum atomic E-state index is 13.1. The van der Waals surface area contributed by atoms with E-state index in [0.29, 0.717) is 30.3 Å². The van der Waals surface area contributed by atoms with Crippen LogP contribution in [0.3, 0.4) is 0 Å². The molecule has 146 valence electrons. The summed E-state index contributed by atoms with van der Waals surface area (Å²) in [5, 5.41) is 7.13. The molecule has 0 aliphatic rings. The van der Waals surface area contributed by atoms with Gasteiger partial charge < -0.3 is 9.64 Å². The minimum absolute atomic E-state index is 0.0354. The molecule has 0 aliphatic heterocycles. The van der Waals surface area contributed by atoms with Gasteiger partial charge in [-0.1, -0.05) is 60.2 Å². The summed E-state index contributed by atoms with van der Waals surface area (Å²) in [6.45, 7) is 3.65. The Labute approximate surface area is 169 Å². The molecule has 1 heterocycles. The van der Waals surface area contributed by atoms with Crippen LogP contribution in [0, 0.1) is 11.7 Å². The van der Waals surface area contributed by atoms with Crippen molar-refractivity contribution >= 4 is 18.1 Å². The molecule has 0 unspecified atom stereocenters. The number of amides is 1. The summed E-state index contributed by atoms with van der Waals surface area (Å²) in [5.74, 6) is 0.622. The molecule has 0 fully saturated rings. The summed E-state index contributed by atoms with van der Waals surface area (Å²) in [6.07, 6.45) is 0. The molecule has 1 aromatic heterocycles. The fourth-order valence-electron chi connectivity index (χ4n) is 2.92. The van der Waals surface area contributed by atoms with Gasteiger partial charge in [-0.05, 0) is 24.7 Å². The number of nitrogens with zero attached hydrogens (tertiary/aromatic N) is 3. The van der Waals surface area contributed by atoms with Crippen molar-refractivity contribution in [2.45, 2.75) is 20.0 Å². The van der Waals surface area contributed by atoms with Crippen LogP contribution >= 0.6 is 12.2 Å². The second-order valence-electron chi connectivity index (χ2n) is 6.60. The summed E-state index contributed by atoms with van der Waals surface area (Å²) >= 11 is 5.37. The number of carbonyl (C=O) groups excluding carboxylic acids is 1. The third-order valence-electron chi connectivity index (χ3n) is 4.50. The number of aromatic amines is 1. The monoisotopic (exact) mass is 396 g/mol. The van der Waals surface area contributed by atoms with Crippen molar-refractivity contribution in [1.82, 2.24) is 19.7 Å². The van der Waals surface area contributed by atoms with Crippen LogP contribution in [0.5, 0.6) is 0 Å². The van der Waals surface area contributed by atoms with E-state index in [9.17, 15) is 4.79 Å². The zero-order chi connectivity index (χ0) is 19.9. The third kappa shape index (κ3) is 4.94. The zero-order valence-electron chi connectivity index (χ0n) is 16.1. The Morgan fingerprint density at radius 3 is 2.57 bits per heavy atom. The fraction of sp³-hybridized carbons (Fsp3) is 0.286. The molecule has 0 saturated carbocycles. The Bertz CT molecular complexity index is 964. The maximum absolute atomic E-state index is 13.1. The lowest BCUT2D eigenvalue weighted by Crippen LogP contribution is -2.36. The Hall–Kier alpha value is -2.77. The van der Waals surface area contributed by atoms with Gasteiger partial charge >= 0.3 is 0 Å². The van der Waals surface area contributed by atoms with Gasteiger partial charge in [-0.15, -0.1) is 0 Å². The Kier molecular flexibility index (Phi) is 6.73. The first kappa shape index (κ1) is 20.0. The number of rotatable bonds is 8. The summed E-state index contributed by atoms with van der Waals surface area (Å²) in [5.41, 5.74) is 3.15. The molecule has 3 rings (SSSR count). The summed E-state index contributed by atoms with van der Waals surface area (Å²) in [7, 11) is 1.63. The van der Waals surface area contributed by atoms with Crippen LogP contribution in [0.4, 0.5) is 0 Å². The van der Waals surface area contributed by atoms with Gasteiger partial charge in [0.25, 0.3) is 0 Å².